The molecule has 0 radical (unpaired) electrons. The van der Waals surface area contributed by atoms with E-state index in [9.17, 15) is 0 Å². The number of likely N-dealkylation sites (tertiary alicyclic amines) is 1. The van der Waals surface area contributed by atoms with Crippen LogP contribution in [0.15, 0.2) is 12.1 Å². The van der Waals surface area contributed by atoms with Gasteiger partial charge in [0, 0.05) is 54.4 Å². The van der Waals surface area contributed by atoms with E-state index in [1.54, 1.807) is 14.2 Å². The van der Waals surface area contributed by atoms with Crippen molar-refractivity contribution in [2.24, 2.45) is 5.92 Å². The van der Waals surface area contributed by atoms with Crippen LogP contribution in [0.5, 0.6) is 11.5 Å². The summed E-state index contributed by atoms with van der Waals surface area (Å²) in [5.41, 5.74) is 4.88. The molecule has 4 rings (SSSR count). The molecule has 0 atom stereocenters. The van der Waals surface area contributed by atoms with E-state index in [2.05, 4.69) is 30.1 Å². The van der Waals surface area contributed by atoms with Crippen LogP contribution in [-0.2, 0) is 12.8 Å². The van der Waals surface area contributed by atoms with Crippen LogP contribution in [0.3, 0.4) is 0 Å². The van der Waals surface area contributed by atoms with E-state index in [1.807, 2.05) is 6.07 Å². The summed E-state index contributed by atoms with van der Waals surface area (Å²) in [4.78, 5) is 7.44. The van der Waals surface area contributed by atoms with Gasteiger partial charge in [-0.25, -0.2) is 0 Å². The maximum Gasteiger partial charge on any atom is 0.162 e. The van der Waals surface area contributed by atoms with Crippen LogP contribution in [0.25, 0.3) is 10.9 Å². The summed E-state index contributed by atoms with van der Waals surface area (Å²) in [7, 11) is 3.36. The van der Waals surface area contributed by atoms with Crippen LogP contribution in [0.2, 0.25) is 0 Å². The number of anilines is 1. The molecule has 5 nitrogen and oxygen atoms in total. The van der Waals surface area contributed by atoms with Crippen molar-refractivity contribution < 1.29 is 9.47 Å². The molecule has 0 amide bonds. The van der Waals surface area contributed by atoms with Gasteiger partial charge >= 0.3 is 0 Å². The summed E-state index contributed by atoms with van der Waals surface area (Å²) in [6.45, 7) is 7.93. The Kier molecular flexibility index (Phi) is 4.65. The Labute approximate surface area is 155 Å². The minimum Gasteiger partial charge on any atom is -0.493 e. The summed E-state index contributed by atoms with van der Waals surface area (Å²) in [5.74, 6) is 2.22. The number of aryl methyl sites for hydroxylation is 1. The van der Waals surface area contributed by atoms with Gasteiger partial charge in [0.05, 0.1) is 19.7 Å². The second-order valence-corrected chi connectivity index (χ2v) is 7.78. The fourth-order valence-corrected chi connectivity index (χ4v) is 4.20. The largest absolute Gasteiger partial charge is 0.493 e. The standard InChI is InChI=1S/C21H29N3O2/c1-13(2)24-11-14(12-24)10-22-21-15-6-5-7-17(15)23-18-9-20(26-4)19(25-3)8-16(18)21/h8-9,13-14H,5-7,10-12H2,1-4H3,(H,22,23). The van der Waals surface area contributed by atoms with E-state index < -0.39 is 0 Å². The molecule has 1 N–H and O–H groups in total. The third kappa shape index (κ3) is 2.98. The zero-order chi connectivity index (χ0) is 18.3. The van der Waals surface area contributed by atoms with Gasteiger partial charge in [0.1, 0.15) is 0 Å². The molecule has 0 bridgehead atoms. The van der Waals surface area contributed by atoms with E-state index in [-0.39, 0.29) is 0 Å². The van der Waals surface area contributed by atoms with Crippen LogP contribution in [0.4, 0.5) is 5.69 Å². The minimum absolute atomic E-state index is 0.647. The van der Waals surface area contributed by atoms with Gasteiger partial charge in [-0.3, -0.25) is 4.98 Å². The molecule has 1 aliphatic carbocycles. The molecule has 140 valence electrons. The van der Waals surface area contributed by atoms with E-state index >= 15 is 0 Å². The molecule has 0 unspecified atom stereocenters. The lowest BCUT2D eigenvalue weighted by Gasteiger charge is -2.42. The first-order valence-electron chi connectivity index (χ1n) is 9.66. The second kappa shape index (κ2) is 6.95. The molecule has 0 saturated carbocycles. The topological polar surface area (TPSA) is 46.6 Å². The van der Waals surface area contributed by atoms with Gasteiger partial charge in [0.15, 0.2) is 11.5 Å². The van der Waals surface area contributed by atoms with Gasteiger partial charge in [-0.15, -0.1) is 0 Å². The molecule has 1 aromatic carbocycles. The van der Waals surface area contributed by atoms with E-state index in [0.717, 1.165) is 47.7 Å². The molecule has 0 spiro atoms. The average Bonchev–Trinajstić information content (AvgIpc) is 3.06. The van der Waals surface area contributed by atoms with Gasteiger partial charge in [-0.05, 0) is 44.7 Å². The summed E-state index contributed by atoms with van der Waals surface area (Å²) >= 11 is 0. The van der Waals surface area contributed by atoms with Gasteiger partial charge in [-0.2, -0.15) is 0 Å². The van der Waals surface area contributed by atoms with Crippen molar-refractivity contribution in [1.82, 2.24) is 9.88 Å². The van der Waals surface area contributed by atoms with Gasteiger partial charge in [0.2, 0.25) is 0 Å². The number of benzene rings is 1. The number of pyridine rings is 1. The molecular weight excluding hydrogens is 326 g/mol. The SMILES string of the molecule is COc1cc2nc3c(c(NCC4CN(C(C)C)C4)c2cc1OC)CCC3. The number of fused-ring (bicyclic) bond motifs is 2. The van der Waals surface area contributed by atoms with Crippen molar-refractivity contribution in [2.75, 3.05) is 39.2 Å². The third-order valence-corrected chi connectivity index (χ3v) is 5.80. The third-order valence-electron chi connectivity index (χ3n) is 5.80. The Balaban J connectivity index is 1.66. The van der Waals surface area contributed by atoms with Crippen LogP contribution < -0.4 is 14.8 Å². The lowest BCUT2D eigenvalue weighted by Crippen LogP contribution is -2.52. The highest BCUT2D eigenvalue weighted by atomic mass is 16.5. The van der Waals surface area contributed by atoms with Crippen molar-refractivity contribution >= 4 is 16.6 Å². The Morgan fingerprint density at radius 1 is 1.15 bits per heavy atom. The number of ether oxygens (including phenoxy) is 2. The van der Waals surface area contributed by atoms with Gasteiger partial charge in [0.25, 0.3) is 0 Å². The van der Waals surface area contributed by atoms with Crippen molar-refractivity contribution in [3.63, 3.8) is 0 Å². The van der Waals surface area contributed by atoms with Crippen LogP contribution in [0.1, 0.15) is 31.5 Å². The van der Waals surface area contributed by atoms with Crippen molar-refractivity contribution in [1.29, 1.82) is 0 Å². The fourth-order valence-electron chi connectivity index (χ4n) is 4.20. The predicted molar refractivity (Wildman–Crippen MR) is 106 cm³/mol. The molecule has 1 saturated heterocycles. The molecular formula is C21H29N3O2. The summed E-state index contributed by atoms with van der Waals surface area (Å²) < 4.78 is 11.0. The minimum atomic E-state index is 0.647. The number of rotatable bonds is 6. The molecule has 2 aliphatic rings. The maximum atomic E-state index is 5.53. The van der Waals surface area contributed by atoms with E-state index in [4.69, 9.17) is 14.5 Å². The summed E-state index contributed by atoms with van der Waals surface area (Å²) in [6.07, 6.45) is 3.36. The zero-order valence-electron chi connectivity index (χ0n) is 16.3. The van der Waals surface area contributed by atoms with E-state index in [1.165, 1.54) is 36.5 Å². The molecule has 26 heavy (non-hydrogen) atoms. The molecule has 1 fully saturated rings. The molecule has 1 aliphatic heterocycles. The first-order chi connectivity index (χ1) is 12.6. The molecule has 1 aromatic heterocycles. The highest BCUT2D eigenvalue weighted by Gasteiger charge is 2.29. The fraction of sp³-hybridized carbons (Fsp3) is 0.571. The average molecular weight is 355 g/mol. The zero-order valence-corrected chi connectivity index (χ0v) is 16.3. The van der Waals surface area contributed by atoms with Gasteiger partial charge < -0.3 is 19.7 Å². The Bertz CT molecular complexity index is 813. The maximum absolute atomic E-state index is 5.53. The predicted octanol–water partition coefficient (Wildman–Crippen LogP) is 3.49. The Hall–Kier alpha value is -2.01. The molecule has 2 aromatic rings. The van der Waals surface area contributed by atoms with Crippen LogP contribution in [-0.4, -0.2) is 49.8 Å². The quantitative estimate of drug-likeness (QED) is 0.859. The molecule has 5 heteroatoms. The van der Waals surface area contributed by atoms with Crippen LogP contribution >= 0.6 is 0 Å². The number of nitrogens with one attached hydrogen (secondary N) is 1. The highest BCUT2D eigenvalue weighted by molar-refractivity contribution is 5.96. The van der Waals surface area contributed by atoms with Crippen molar-refractivity contribution in [3.05, 3.63) is 23.4 Å². The molecule has 2 heterocycles. The summed E-state index contributed by atoms with van der Waals surface area (Å²) in [6, 6.07) is 4.72. The number of nitrogens with zero attached hydrogens (tertiary/aromatic N) is 2. The van der Waals surface area contributed by atoms with Crippen molar-refractivity contribution in [2.45, 2.75) is 39.2 Å². The normalized spacial score (nSPS) is 17.4. The van der Waals surface area contributed by atoms with Gasteiger partial charge in [-0.1, -0.05) is 0 Å². The van der Waals surface area contributed by atoms with Crippen LogP contribution in [0, 0.1) is 5.92 Å². The smallest absolute Gasteiger partial charge is 0.162 e. The highest BCUT2D eigenvalue weighted by Crippen LogP contribution is 2.39. The Morgan fingerprint density at radius 2 is 1.88 bits per heavy atom. The lowest BCUT2D eigenvalue weighted by atomic mass is 9.97. The number of hydrogen-bond donors (Lipinski definition) is 1. The Morgan fingerprint density at radius 3 is 2.58 bits per heavy atom. The first kappa shape index (κ1) is 17.4. The van der Waals surface area contributed by atoms with Crippen molar-refractivity contribution in [3.8, 4) is 11.5 Å². The monoisotopic (exact) mass is 355 g/mol. The van der Waals surface area contributed by atoms with E-state index in [0.29, 0.717) is 6.04 Å². The first-order valence-corrected chi connectivity index (χ1v) is 9.66. The number of aromatic nitrogens is 1. The second-order valence-electron chi connectivity index (χ2n) is 7.78. The lowest BCUT2D eigenvalue weighted by molar-refractivity contribution is 0.0752. The number of hydrogen-bond acceptors (Lipinski definition) is 5. The summed E-state index contributed by atoms with van der Waals surface area (Å²) in [5, 5.41) is 4.92. The number of methoxy groups -OCH3 is 2.